The van der Waals surface area contributed by atoms with Gasteiger partial charge in [-0.05, 0) is 0 Å². The van der Waals surface area contributed by atoms with Gasteiger partial charge in [-0.1, -0.05) is 0 Å². The SMILES string of the molecule is CN(CCC(F)(F)F)c1nn(CCO)c(N)c1C#N. The summed E-state index contributed by atoms with van der Waals surface area (Å²) in [6.45, 7) is -0.482. The Morgan fingerprint density at radius 1 is 1.53 bits per heavy atom. The maximum atomic E-state index is 12.1. The third-order valence-corrected chi connectivity index (χ3v) is 2.49. The fraction of sp³-hybridized carbons (Fsp3) is 0.600. The van der Waals surface area contributed by atoms with Gasteiger partial charge in [0.15, 0.2) is 5.82 Å². The number of rotatable bonds is 5. The molecular formula is C10H14F3N5O. The van der Waals surface area contributed by atoms with Crippen molar-refractivity contribution in [2.45, 2.75) is 19.1 Å². The average Bonchev–Trinajstić information content (AvgIpc) is 2.63. The van der Waals surface area contributed by atoms with Gasteiger partial charge in [0.05, 0.1) is 19.6 Å². The molecule has 1 aromatic rings. The Morgan fingerprint density at radius 2 is 2.16 bits per heavy atom. The van der Waals surface area contributed by atoms with Gasteiger partial charge in [0.25, 0.3) is 0 Å². The molecule has 106 valence electrons. The highest BCUT2D eigenvalue weighted by molar-refractivity contribution is 5.64. The summed E-state index contributed by atoms with van der Waals surface area (Å²) in [5, 5.41) is 21.7. The van der Waals surface area contributed by atoms with Crippen LogP contribution in [0.2, 0.25) is 0 Å². The standard InChI is InChI=1S/C10H14F3N5O/c1-17(3-2-10(11,12)13)9-7(6-14)8(15)18(16-9)4-5-19/h19H,2-5,15H2,1H3. The number of nitrogens with zero attached hydrogens (tertiary/aromatic N) is 4. The molecule has 1 heterocycles. The molecular weight excluding hydrogens is 263 g/mol. The molecule has 0 aromatic carbocycles. The lowest BCUT2D eigenvalue weighted by Gasteiger charge is -2.17. The van der Waals surface area contributed by atoms with E-state index in [0.29, 0.717) is 0 Å². The molecule has 1 rings (SSSR count). The zero-order valence-electron chi connectivity index (χ0n) is 10.3. The van der Waals surface area contributed by atoms with Crippen LogP contribution in [0.5, 0.6) is 0 Å². The largest absolute Gasteiger partial charge is 0.394 e. The molecule has 0 saturated heterocycles. The number of hydrogen-bond acceptors (Lipinski definition) is 5. The lowest BCUT2D eigenvalue weighted by molar-refractivity contribution is -0.132. The number of alkyl halides is 3. The number of nitrogens with two attached hydrogens (primary N) is 1. The van der Waals surface area contributed by atoms with Crippen molar-refractivity contribution in [3.8, 4) is 6.07 Å². The number of halogens is 3. The van der Waals surface area contributed by atoms with Gasteiger partial charge >= 0.3 is 6.18 Å². The van der Waals surface area contributed by atoms with Crippen LogP contribution in [0.1, 0.15) is 12.0 Å². The highest BCUT2D eigenvalue weighted by atomic mass is 19.4. The maximum absolute atomic E-state index is 12.1. The zero-order chi connectivity index (χ0) is 14.6. The molecule has 0 saturated carbocycles. The van der Waals surface area contributed by atoms with Crippen molar-refractivity contribution < 1.29 is 18.3 Å². The van der Waals surface area contributed by atoms with Crippen molar-refractivity contribution >= 4 is 11.6 Å². The summed E-state index contributed by atoms with van der Waals surface area (Å²) in [4.78, 5) is 1.22. The van der Waals surface area contributed by atoms with Crippen LogP contribution in [-0.4, -0.2) is 41.3 Å². The van der Waals surface area contributed by atoms with Gasteiger partial charge in [-0.2, -0.15) is 23.5 Å². The van der Waals surface area contributed by atoms with E-state index in [1.54, 1.807) is 0 Å². The number of aliphatic hydroxyl groups excluding tert-OH is 1. The molecule has 3 N–H and O–H groups in total. The summed E-state index contributed by atoms with van der Waals surface area (Å²) in [7, 11) is 1.40. The maximum Gasteiger partial charge on any atom is 0.390 e. The van der Waals surface area contributed by atoms with Gasteiger partial charge in [0.2, 0.25) is 0 Å². The van der Waals surface area contributed by atoms with E-state index in [1.165, 1.54) is 16.6 Å². The number of aromatic nitrogens is 2. The number of anilines is 2. The summed E-state index contributed by atoms with van der Waals surface area (Å²) < 4.78 is 37.6. The highest BCUT2D eigenvalue weighted by Crippen LogP contribution is 2.26. The number of nitrogen functional groups attached to an aromatic ring is 1. The lowest BCUT2D eigenvalue weighted by Crippen LogP contribution is -2.25. The molecule has 0 spiro atoms. The van der Waals surface area contributed by atoms with Crippen LogP contribution in [-0.2, 0) is 6.54 Å². The average molecular weight is 277 g/mol. The van der Waals surface area contributed by atoms with E-state index in [-0.39, 0.29) is 36.9 Å². The van der Waals surface area contributed by atoms with Crippen molar-refractivity contribution in [2.24, 2.45) is 0 Å². The van der Waals surface area contributed by atoms with Crippen molar-refractivity contribution in [3.05, 3.63) is 5.56 Å². The smallest absolute Gasteiger partial charge is 0.390 e. The van der Waals surface area contributed by atoms with Gasteiger partial charge in [-0.25, -0.2) is 4.68 Å². The van der Waals surface area contributed by atoms with Gasteiger partial charge in [0.1, 0.15) is 17.5 Å². The third-order valence-electron chi connectivity index (χ3n) is 2.49. The second-order valence-electron chi connectivity index (χ2n) is 3.93. The van der Waals surface area contributed by atoms with Crippen LogP contribution >= 0.6 is 0 Å². The molecule has 0 bridgehead atoms. The first-order valence-electron chi connectivity index (χ1n) is 5.45. The molecule has 0 unspecified atom stereocenters. The number of nitriles is 1. The fourth-order valence-electron chi connectivity index (χ4n) is 1.50. The van der Waals surface area contributed by atoms with Gasteiger partial charge in [-0.3, -0.25) is 0 Å². The first kappa shape index (κ1) is 15.1. The van der Waals surface area contributed by atoms with Crippen LogP contribution in [0.15, 0.2) is 0 Å². The molecule has 19 heavy (non-hydrogen) atoms. The quantitative estimate of drug-likeness (QED) is 0.827. The van der Waals surface area contributed by atoms with Crippen LogP contribution in [0, 0.1) is 11.3 Å². The summed E-state index contributed by atoms with van der Waals surface area (Å²) in [6, 6.07) is 1.81. The van der Waals surface area contributed by atoms with Crippen LogP contribution in [0.4, 0.5) is 24.8 Å². The minimum atomic E-state index is -4.28. The Hall–Kier alpha value is -1.95. The Bertz CT molecular complexity index is 477. The first-order valence-corrected chi connectivity index (χ1v) is 5.45. The molecule has 0 fully saturated rings. The Kier molecular flexibility index (Phi) is 4.61. The predicted octanol–water partition coefficient (Wildman–Crippen LogP) is 0.718. The van der Waals surface area contributed by atoms with Gasteiger partial charge in [-0.15, -0.1) is 0 Å². The van der Waals surface area contributed by atoms with E-state index in [1.807, 2.05) is 6.07 Å². The summed E-state index contributed by atoms with van der Waals surface area (Å²) in [5.74, 6) is 0.114. The van der Waals surface area contributed by atoms with Crippen LogP contribution in [0.25, 0.3) is 0 Å². The molecule has 6 nitrogen and oxygen atoms in total. The molecule has 9 heteroatoms. The Balaban J connectivity index is 2.93. The molecule has 0 radical (unpaired) electrons. The Morgan fingerprint density at radius 3 is 2.63 bits per heavy atom. The van der Waals surface area contributed by atoms with Crippen molar-refractivity contribution in [1.82, 2.24) is 9.78 Å². The minimum absolute atomic E-state index is 0.0122. The predicted molar refractivity (Wildman–Crippen MR) is 62.4 cm³/mol. The van der Waals surface area contributed by atoms with Gasteiger partial charge in [0, 0.05) is 13.6 Å². The van der Waals surface area contributed by atoms with Crippen molar-refractivity contribution in [2.75, 3.05) is 30.8 Å². The normalized spacial score (nSPS) is 11.4. The first-order chi connectivity index (χ1) is 8.80. The molecule has 0 atom stereocenters. The second kappa shape index (κ2) is 5.79. The molecule has 0 aliphatic rings. The van der Waals surface area contributed by atoms with E-state index in [0.717, 1.165) is 0 Å². The minimum Gasteiger partial charge on any atom is -0.394 e. The summed E-state index contributed by atoms with van der Waals surface area (Å²) in [6.07, 6.45) is -5.29. The van der Waals surface area contributed by atoms with E-state index in [2.05, 4.69) is 5.10 Å². The molecule has 0 aliphatic carbocycles. The van der Waals surface area contributed by atoms with Crippen LogP contribution < -0.4 is 10.6 Å². The van der Waals surface area contributed by atoms with Crippen molar-refractivity contribution in [3.63, 3.8) is 0 Å². The monoisotopic (exact) mass is 277 g/mol. The van der Waals surface area contributed by atoms with E-state index < -0.39 is 12.6 Å². The lowest BCUT2D eigenvalue weighted by atomic mass is 10.3. The van der Waals surface area contributed by atoms with E-state index in [9.17, 15) is 13.2 Å². The topological polar surface area (TPSA) is 91.1 Å². The van der Waals surface area contributed by atoms with Crippen LogP contribution in [0.3, 0.4) is 0 Å². The second-order valence-corrected chi connectivity index (χ2v) is 3.93. The van der Waals surface area contributed by atoms with E-state index in [4.69, 9.17) is 16.1 Å². The van der Waals surface area contributed by atoms with E-state index >= 15 is 0 Å². The molecule has 0 amide bonds. The zero-order valence-corrected chi connectivity index (χ0v) is 10.3. The Labute approximate surface area is 107 Å². The molecule has 1 aromatic heterocycles. The fourth-order valence-corrected chi connectivity index (χ4v) is 1.50. The number of aliphatic hydroxyl groups is 1. The third kappa shape index (κ3) is 3.75. The summed E-state index contributed by atoms with van der Waals surface area (Å²) >= 11 is 0. The number of hydrogen-bond donors (Lipinski definition) is 2. The van der Waals surface area contributed by atoms with Crippen molar-refractivity contribution in [1.29, 1.82) is 5.26 Å². The summed E-state index contributed by atoms with van der Waals surface area (Å²) in [5.41, 5.74) is 5.65. The highest BCUT2D eigenvalue weighted by Gasteiger charge is 2.28. The molecule has 0 aliphatic heterocycles. The van der Waals surface area contributed by atoms with Gasteiger partial charge < -0.3 is 15.7 Å².